The number of rotatable bonds is 4. The summed E-state index contributed by atoms with van der Waals surface area (Å²) in [5.74, 6) is -1.56. The van der Waals surface area contributed by atoms with E-state index in [1.54, 1.807) is 19.1 Å². The highest BCUT2D eigenvalue weighted by atomic mass is 19.1. The third-order valence-electron chi connectivity index (χ3n) is 4.74. The predicted octanol–water partition coefficient (Wildman–Crippen LogP) is 2.76. The molecule has 28 heavy (non-hydrogen) atoms. The van der Waals surface area contributed by atoms with Gasteiger partial charge in [0.05, 0.1) is 17.9 Å². The van der Waals surface area contributed by atoms with Crippen LogP contribution in [0, 0.1) is 24.5 Å². The first kappa shape index (κ1) is 18.2. The Morgan fingerprint density at radius 1 is 1.25 bits per heavy atom. The number of aryl methyl sites for hydroxylation is 1. The van der Waals surface area contributed by atoms with Gasteiger partial charge in [-0.3, -0.25) is 9.59 Å². The highest BCUT2D eigenvalue weighted by Gasteiger charge is 2.34. The Labute approximate surface area is 160 Å². The summed E-state index contributed by atoms with van der Waals surface area (Å²) in [6.07, 6.45) is 0. The number of hydrogen-bond donors (Lipinski definition) is 1. The summed E-state index contributed by atoms with van der Waals surface area (Å²) in [5.41, 5.74) is 0.948. The molecule has 0 spiro atoms. The van der Waals surface area contributed by atoms with E-state index in [9.17, 15) is 18.4 Å². The molecule has 0 atom stereocenters. The van der Waals surface area contributed by atoms with Crippen molar-refractivity contribution in [1.82, 2.24) is 4.90 Å². The first-order valence-corrected chi connectivity index (χ1v) is 8.85. The van der Waals surface area contributed by atoms with Gasteiger partial charge in [-0.05, 0) is 30.7 Å². The zero-order valence-electron chi connectivity index (χ0n) is 15.1. The fraction of sp³-hybridized carbons (Fsp3) is 0.300. The fourth-order valence-corrected chi connectivity index (χ4v) is 3.21. The number of benzene rings is 2. The van der Waals surface area contributed by atoms with E-state index < -0.39 is 17.5 Å². The molecule has 1 N–H and O–H groups in total. The molecule has 2 aromatic rings. The molecule has 0 radical (unpaired) electrons. The number of ether oxygens (including phenoxy) is 2. The molecule has 2 aliphatic heterocycles. The lowest BCUT2D eigenvalue weighted by Gasteiger charge is -2.39. The summed E-state index contributed by atoms with van der Waals surface area (Å²) in [4.78, 5) is 25.4. The van der Waals surface area contributed by atoms with Gasteiger partial charge in [-0.15, -0.1) is 0 Å². The molecule has 146 valence electrons. The van der Waals surface area contributed by atoms with Gasteiger partial charge < -0.3 is 19.7 Å². The first-order chi connectivity index (χ1) is 13.4. The number of carbonyl (C=O) groups excluding carboxylic acids is 2. The molecule has 2 aromatic carbocycles. The molecule has 1 fully saturated rings. The van der Waals surface area contributed by atoms with Gasteiger partial charge in [0.2, 0.25) is 0 Å². The zero-order valence-corrected chi connectivity index (χ0v) is 15.1. The number of anilines is 1. The average Bonchev–Trinajstić information content (AvgIpc) is 2.61. The molecule has 0 bridgehead atoms. The minimum Gasteiger partial charge on any atom is -0.490 e. The molecule has 0 aromatic heterocycles. The summed E-state index contributed by atoms with van der Waals surface area (Å²) in [5, 5.41) is 2.56. The minimum atomic E-state index is -0.707. The van der Waals surface area contributed by atoms with Crippen LogP contribution in [0.4, 0.5) is 14.5 Å². The number of amides is 2. The number of likely N-dealkylation sites (tertiary alicyclic amines) is 1. The summed E-state index contributed by atoms with van der Waals surface area (Å²) in [6.45, 7) is 2.63. The molecule has 2 heterocycles. The van der Waals surface area contributed by atoms with Crippen LogP contribution in [0.2, 0.25) is 0 Å². The van der Waals surface area contributed by atoms with Gasteiger partial charge in [-0.25, -0.2) is 8.78 Å². The minimum absolute atomic E-state index is 0.0355. The molecular formula is C20H18F2N2O4. The van der Waals surface area contributed by atoms with E-state index in [1.165, 1.54) is 17.0 Å². The van der Waals surface area contributed by atoms with Crippen molar-refractivity contribution >= 4 is 17.5 Å². The van der Waals surface area contributed by atoms with Crippen molar-refractivity contribution < 1.29 is 27.8 Å². The van der Waals surface area contributed by atoms with Crippen molar-refractivity contribution in [2.45, 2.75) is 6.92 Å². The third-order valence-corrected chi connectivity index (χ3v) is 4.74. The molecule has 8 heteroatoms. The number of fused-ring (bicyclic) bond motifs is 1. The van der Waals surface area contributed by atoms with E-state index in [0.29, 0.717) is 13.1 Å². The van der Waals surface area contributed by atoms with Crippen LogP contribution in [0.15, 0.2) is 30.3 Å². The second-order valence-electron chi connectivity index (χ2n) is 6.99. The standard InChI is InChI=1S/C20H18F2N2O4/c1-11-2-3-17(15(22)4-11)27-9-12-7-24(8-12)20(26)13-5-16-18(6-14(13)21)28-10-19(25)23-16/h2-6,12H,7-10H2,1H3,(H,23,25). The van der Waals surface area contributed by atoms with Crippen LogP contribution in [0.1, 0.15) is 15.9 Å². The number of hydrogen-bond acceptors (Lipinski definition) is 4. The smallest absolute Gasteiger partial charge is 0.262 e. The molecular weight excluding hydrogens is 370 g/mol. The van der Waals surface area contributed by atoms with Crippen LogP contribution in [0.3, 0.4) is 0 Å². The normalized spacial score (nSPS) is 16.0. The van der Waals surface area contributed by atoms with Gasteiger partial charge in [0.15, 0.2) is 18.2 Å². The van der Waals surface area contributed by atoms with E-state index in [4.69, 9.17) is 9.47 Å². The monoisotopic (exact) mass is 388 g/mol. The predicted molar refractivity (Wildman–Crippen MR) is 96.6 cm³/mol. The van der Waals surface area contributed by atoms with Crippen LogP contribution in [-0.2, 0) is 4.79 Å². The van der Waals surface area contributed by atoms with Gasteiger partial charge in [-0.2, -0.15) is 0 Å². The van der Waals surface area contributed by atoms with E-state index in [2.05, 4.69) is 5.32 Å². The molecule has 0 saturated carbocycles. The van der Waals surface area contributed by atoms with Crippen molar-refractivity contribution in [2.24, 2.45) is 5.92 Å². The molecule has 2 amide bonds. The van der Waals surface area contributed by atoms with Gasteiger partial charge >= 0.3 is 0 Å². The highest BCUT2D eigenvalue weighted by molar-refractivity contribution is 6.00. The lowest BCUT2D eigenvalue weighted by atomic mass is 9.99. The maximum absolute atomic E-state index is 14.3. The van der Waals surface area contributed by atoms with Crippen molar-refractivity contribution in [2.75, 3.05) is 31.6 Å². The van der Waals surface area contributed by atoms with E-state index in [1.807, 2.05) is 0 Å². The number of nitrogens with zero attached hydrogens (tertiary/aromatic N) is 1. The van der Waals surface area contributed by atoms with Gasteiger partial charge in [-0.1, -0.05) is 6.07 Å². The van der Waals surface area contributed by atoms with Crippen LogP contribution in [-0.4, -0.2) is 43.0 Å². The van der Waals surface area contributed by atoms with Crippen LogP contribution in [0.5, 0.6) is 11.5 Å². The SMILES string of the molecule is Cc1ccc(OCC2CN(C(=O)c3cc4c(cc3F)OCC(=O)N4)C2)c(F)c1. The highest BCUT2D eigenvalue weighted by Crippen LogP contribution is 2.32. The molecule has 1 saturated heterocycles. The summed E-state index contributed by atoms with van der Waals surface area (Å²) in [6, 6.07) is 7.12. The number of carbonyl (C=O) groups is 2. The summed E-state index contributed by atoms with van der Waals surface area (Å²) >= 11 is 0. The zero-order chi connectivity index (χ0) is 19.8. The molecule has 6 nitrogen and oxygen atoms in total. The average molecular weight is 388 g/mol. The van der Waals surface area contributed by atoms with E-state index in [-0.39, 0.29) is 47.8 Å². The summed E-state index contributed by atoms with van der Waals surface area (Å²) < 4.78 is 38.7. The Balaban J connectivity index is 1.36. The third kappa shape index (κ3) is 3.49. The van der Waals surface area contributed by atoms with E-state index >= 15 is 0 Å². The lowest BCUT2D eigenvalue weighted by molar-refractivity contribution is -0.118. The molecule has 0 aliphatic carbocycles. The van der Waals surface area contributed by atoms with Crippen molar-refractivity contribution in [3.05, 3.63) is 53.1 Å². The maximum Gasteiger partial charge on any atom is 0.262 e. The molecule has 0 unspecified atom stereocenters. The Morgan fingerprint density at radius 2 is 2.04 bits per heavy atom. The van der Waals surface area contributed by atoms with Crippen LogP contribution in [0.25, 0.3) is 0 Å². The number of halogens is 2. The first-order valence-electron chi connectivity index (χ1n) is 8.85. The Hall–Kier alpha value is -3.16. The maximum atomic E-state index is 14.3. The Kier molecular flexibility index (Phi) is 4.62. The van der Waals surface area contributed by atoms with Gasteiger partial charge in [0.25, 0.3) is 11.8 Å². The van der Waals surface area contributed by atoms with Gasteiger partial charge in [0.1, 0.15) is 11.6 Å². The van der Waals surface area contributed by atoms with Crippen LogP contribution < -0.4 is 14.8 Å². The van der Waals surface area contributed by atoms with Crippen LogP contribution >= 0.6 is 0 Å². The molecule has 2 aliphatic rings. The van der Waals surface area contributed by atoms with Crippen molar-refractivity contribution in [3.63, 3.8) is 0 Å². The Morgan fingerprint density at radius 3 is 2.79 bits per heavy atom. The lowest BCUT2D eigenvalue weighted by Crippen LogP contribution is -2.52. The molecule has 4 rings (SSSR count). The van der Waals surface area contributed by atoms with Gasteiger partial charge in [0, 0.05) is 25.1 Å². The summed E-state index contributed by atoms with van der Waals surface area (Å²) in [7, 11) is 0. The fourth-order valence-electron chi connectivity index (χ4n) is 3.21. The van der Waals surface area contributed by atoms with E-state index in [0.717, 1.165) is 11.6 Å². The topological polar surface area (TPSA) is 67.9 Å². The Bertz CT molecular complexity index is 957. The van der Waals surface area contributed by atoms with Crippen molar-refractivity contribution in [3.8, 4) is 11.5 Å². The van der Waals surface area contributed by atoms with Crippen molar-refractivity contribution in [1.29, 1.82) is 0 Å². The largest absolute Gasteiger partial charge is 0.490 e. The second-order valence-corrected chi connectivity index (χ2v) is 6.99. The second kappa shape index (κ2) is 7.10. The number of nitrogens with one attached hydrogen (secondary N) is 1. The quantitative estimate of drug-likeness (QED) is 0.875.